The van der Waals surface area contributed by atoms with Gasteiger partial charge in [0.05, 0.1) is 4.90 Å². The van der Waals surface area contributed by atoms with E-state index in [1.165, 1.54) is 31.3 Å². The summed E-state index contributed by atoms with van der Waals surface area (Å²) >= 11 is 0. The van der Waals surface area contributed by atoms with E-state index in [-0.39, 0.29) is 29.5 Å². The predicted molar refractivity (Wildman–Crippen MR) is 92.2 cm³/mol. The molecular formula is C17H19FN2O4S. The van der Waals surface area contributed by atoms with Gasteiger partial charge in [-0.1, -0.05) is 6.07 Å². The largest absolute Gasteiger partial charge is 0.508 e. The fourth-order valence-electron chi connectivity index (χ4n) is 2.18. The van der Waals surface area contributed by atoms with Crippen molar-refractivity contribution >= 4 is 21.6 Å². The van der Waals surface area contributed by atoms with Gasteiger partial charge in [-0.15, -0.1) is 0 Å². The Bertz CT molecular complexity index is 838. The average molecular weight is 366 g/mol. The number of sulfonamides is 1. The van der Waals surface area contributed by atoms with Gasteiger partial charge in [0.25, 0.3) is 0 Å². The standard InChI is InChI=1S/C17H19FN2O4S/c1-20(25(23,24)16-9-7-13(18)8-10-16)11-3-6-17(22)19-14-4-2-5-15(21)12-14/h2,4-5,7-10,12,21H,3,6,11H2,1H3,(H,19,22). The molecule has 0 unspecified atom stereocenters. The maximum absolute atomic E-state index is 12.9. The first-order valence-corrected chi connectivity index (χ1v) is 9.04. The smallest absolute Gasteiger partial charge is 0.242 e. The van der Waals surface area contributed by atoms with Crippen LogP contribution in [0.2, 0.25) is 0 Å². The summed E-state index contributed by atoms with van der Waals surface area (Å²) in [7, 11) is -2.31. The van der Waals surface area contributed by atoms with Crippen LogP contribution in [0.25, 0.3) is 0 Å². The highest BCUT2D eigenvalue weighted by Gasteiger charge is 2.20. The maximum Gasteiger partial charge on any atom is 0.242 e. The van der Waals surface area contributed by atoms with Gasteiger partial charge in [-0.05, 0) is 42.8 Å². The molecule has 0 radical (unpaired) electrons. The van der Waals surface area contributed by atoms with Crippen molar-refractivity contribution in [3.63, 3.8) is 0 Å². The molecule has 2 N–H and O–H groups in total. The molecule has 0 saturated carbocycles. The lowest BCUT2D eigenvalue weighted by Crippen LogP contribution is -2.28. The number of phenolic OH excluding ortho intramolecular Hbond substituents is 1. The second-order valence-corrected chi connectivity index (χ2v) is 7.53. The molecule has 1 amide bonds. The first-order chi connectivity index (χ1) is 11.8. The van der Waals surface area contributed by atoms with Crippen LogP contribution in [-0.4, -0.2) is 37.3 Å². The van der Waals surface area contributed by atoms with Crippen molar-refractivity contribution in [1.82, 2.24) is 4.31 Å². The van der Waals surface area contributed by atoms with Crippen LogP contribution in [-0.2, 0) is 14.8 Å². The van der Waals surface area contributed by atoms with Crippen molar-refractivity contribution in [1.29, 1.82) is 0 Å². The van der Waals surface area contributed by atoms with E-state index < -0.39 is 15.8 Å². The van der Waals surface area contributed by atoms with Gasteiger partial charge in [-0.2, -0.15) is 0 Å². The highest BCUT2D eigenvalue weighted by Crippen LogP contribution is 2.17. The summed E-state index contributed by atoms with van der Waals surface area (Å²) in [6.07, 6.45) is 0.445. The van der Waals surface area contributed by atoms with Crippen LogP contribution in [0.4, 0.5) is 10.1 Å². The van der Waals surface area contributed by atoms with Crippen LogP contribution in [0, 0.1) is 5.82 Å². The summed E-state index contributed by atoms with van der Waals surface area (Å²) in [5.41, 5.74) is 0.470. The Labute approximate surface area is 146 Å². The van der Waals surface area contributed by atoms with E-state index in [9.17, 15) is 22.7 Å². The Morgan fingerprint density at radius 1 is 1.20 bits per heavy atom. The minimum Gasteiger partial charge on any atom is -0.508 e. The minimum absolute atomic E-state index is 0.000567. The second kappa shape index (κ2) is 8.09. The van der Waals surface area contributed by atoms with Crippen LogP contribution in [0.3, 0.4) is 0 Å². The predicted octanol–water partition coefficient (Wildman–Crippen LogP) is 2.57. The highest BCUT2D eigenvalue weighted by molar-refractivity contribution is 7.89. The van der Waals surface area contributed by atoms with Crippen molar-refractivity contribution in [3.8, 4) is 5.75 Å². The van der Waals surface area contributed by atoms with E-state index in [4.69, 9.17) is 0 Å². The number of carbonyl (C=O) groups is 1. The van der Waals surface area contributed by atoms with Gasteiger partial charge in [0, 0.05) is 31.8 Å². The van der Waals surface area contributed by atoms with Crippen molar-refractivity contribution in [3.05, 3.63) is 54.3 Å². The Morgan fingerprint density at radius 3 is 2.52 bits per heavy atom. The molecule has 25 heavy (non-hydrogen) atoms. The molecule has 0 aromatic heterocycles. The normalized spacial score (nSPS) is 11.5. The van der Waals surface area contributed by atoms with E-state index >= 15 is 0 Å². The first-order valence-electron chi connectivity index (χ1n) is 7.60. The van der Waals surface area contributed by atoms with Crippen LogP contribution < -0.4 is 5.32 Å². The number of nitrogens with zero attached hydrogens (tertiary/aromatic N) is 1. The van der Waals surface area contributed by atoms with Crippen LogP contribution >= 0.6 is 0 Å². The average Bonchev–Trinajstić information content (AvgIpc) is 2.55. The molecule has 8 heteroatoms. The number of anilines is 1. The lowest BCUT2D eigenvalue weighted by atomic mass is 10.2. The summed E-state index contributed by atoms with van der Waals surface area (Å²) in [5, 5.41) is 12.0. The number of amides is 1. The Hall–Kier alpha value is -2.45. The van der Waals surface area contributed by atoms with Crippen molar-refractivity contribution in [2.75, 3.05) is 18.9 Å². The van der Waals surface area contributed by atoms with Crippen molar-refractivity contribution < 1.29 is 22.7 Å². The second-order valence-electron chi connectivity index (χ2n) is 5.48. The maximum atomic E-state index is 12.9. The van der Waals surface area contributed by atoms with E-state index in [0.717, 1.165) is 16.4 Å². The van der Waals surface area contributed by atoms with Gasteiger partial charge < -0.3 is 10.4 Å². The van der Waals surface area contributed by atoms with E-state index in [1.807, 2.05) is 0 Å². The van der Waals surface area contributed by atoms with Gasteiger partial charge in [0.15, 0.2) is 0 Å². The fourth-order valence-corrected chi connectivity index (χ4v) is 3.39. The molecule has 134 valence electrons. The number of benzene rings is 2. The molecule has 0 spiro atoms. The van der Waals surface area contributed by atoms with Crippen LogP contribution in [0.15, 0.2) is 53.4 Å². The number of hydrogen-bond donors (Lipinski definition) is 2. The quantitative estimate of drug-likeness (QED) is 0.788. The van der Waals surface area contributed by atoms with Gasteiger partial charge >= 0.3 is 0 Å². The summed E-state index contributed by atoms with van der Waals surface area (Å²) in [4.78, 5) is 11.9. The molecule has 0 aliphatic carbocycles. The number of aromatic hydroxyl groups is 1. The topological polar surface area (TPSA) is 86.7 Å². The van der Waals surface area contributed by atoms with Crippen molar-refractivity contribution in [2.45, 2.75) is 17.7 Å². The molecular weight excluding hydrogens is 347 g/mol. The van der Waals surface area contributed by atoms with E-state index in [0.29, 0.717) is 12.1 Å². The fraction of sp³-hybridized carbons (Fsp3) is 0.235. The third kappa shape index (κ3) is 5.27. The Kier molecular flexibility index (Phi) is 6.11. The van der Waals surface area contributed by atoms with E-state index in [2.05, 4.69) is 5.32 Å². The molecule has 0 aliphatic rings. The summed E-state index contributed by atoms with van der Waals surface area (Å²) in [6.45, 7) is 0.146. The van der Waals surface area contributed by atoms with Gasteiger partial charge in [-0.3, -0.25) is 4.79 Å². The SMILES string of the molecule is CN(CCCC(=O)Nc1cccc(O)c1)S(=O)(=O)c1ccc(F)cc1. The molecule has 6 nitrogen and oxygen atoms in total. The molecule has 0 atom stereocenters. The number of nitrogens with one attached hydrogen (secondary N) is 1. The molecule has 2 aromatic carbocycles. The lowest BCUT2D eigenvalue weighted by Gasteiger charge is -2.17. The molecule has 0 fully saturated rings. The van der Waals surface area contributed by atoms with Gasteiger partial charge in [-0.25, -0.2) is 17.1 Å². The molecule has 0 heterocycles. The first kappa shape index (κ1) is 18.9. The molecule has 0 saturated heterocycles. The zero-order valence-corrected chi connectivity index (χ0v) is 14.5. The molecule has 2 rings (SSSR count). The highest BCUT2D eigenvalue weighted by atomic mass is 32.2. The monoisotopic (exact) mass is 366 g/mol. The Balaban J connectivity index is 1.86. The summed E-state index contributed by atoms with van der Waals surface area (Å²) < 4.78 is 38.7. The number of rotatable bonds is 7. The summed E-state index contributed by atoms with van der Waals surface area (Å²) in [6, 6.07) is 10.7. The van der Waals surface area contributed by atoms with Gasteiger partial charge in [0.1, 0.15) is 11.6 Å². The third-order valence-electron chi connectivity index (χ3n) is 3.53. The van der Waals surface area contributed by atoms with Crippen LogP contribution in [0.5, 0.6) is 5.75 Å². The number of phenols is 1. The van der Waals surface area contributed by atoms with E-state index in [1.54, 1.807) is 12.1 Å². The Morgan fingerprint density at radius 2 is 1.88 bits per heavy atom. The van der Waals surface area contributed by atoms with Crippen LogP contribution in [0.1, 0.15) is 12.8 Å². The van der Waals surface area contributed by atoms with Gasteiger partial charge in [0.2, 0.25) is 15.9 Å². The zero-order chi connectivity index (χ0) is 18.4. The molecule has 0 aliphatic heterocycles. The third-order valence-corrected chi connectivity index (χ3v) is 5.40. The summed E-state index contributed by atoms with van der Waals surface area (Å²) in [5.74, 6) is -0.744. The van der Waals surface area contributed by atoms with Crippen molar-refractivity contribution in [2.24, 2.45) is 0 Å². The number of halogens is 1. The number of hydrogen-bond acceptors (Lipinski definition) is 4. The minimum atomic E-state index is -3.72. The molecule has 0 bridgehead atoms. The number of carbonyl (C=O) groups excluding carboxylic acids is 1. The molecule has 2 aromatic rings. The zero-order valence-electron chi connectivity index (χ0n) is 13.6. The lowest BCUT2D eigenvalue weighted by molar-refractivity contribution is -0.116.